The van der Waals surface area contributed by atoms with Crippen molar-refractivity contribution in [3.05, 3.63) is 54.1 Å². The number of hydrogen-bond acceptors (Lipinski definition) is 5. The lowest BCUT2D eigenvalue weighted by atomic mass is 10.1. The highest BCUT2D eigenvalue weighted by atomic mass is 32.2. The van der Waals surface area contributed by atoms with Crippen molar-refractivity contribution >= 4 is 42.6 Å². The van der Waals surface area contributed by atoms with Crippen molar-refractivity contribution in [1.82, 2.24) is 9.29 Å². The van der Waals surface area contributed by atoms with E-state index < -0.39 is 10.0 Å². The van der Waals surface area contributed by atoms with E-state index in [1.54, 1.807) is 16.4 Å². The molecule has 4 rings (SSSR count). The van der Waals surface area contributed by atoms with Gasteiger partial charge >= 0.3 is 0 Å². The maximum atomic E-state index is 12.9. The van der Waals surface area contributed by atoms with E-state index in [1.165, 1.54) is 23.5 Å². The zero-order valence-electron chi connectivity index (χ0n) is 15.5. The number of fused-ring (bicyclic) bond motifs is 1. The molecule has 146 valence electrons. The molecule has 1 saturated heterocycles. The largest absolute Gasteiger partial charge is 0.298 e. The number of sulfonamides is 1. The molecule has 1 aliphatic rings. The van der Waals surface area contributed by atoms with Crippen LogP contribution in [0.15, 0.2) is 53.4 Å². The minimum absolute atomic E-state index is 0.000704. The number of anilines is 1. The topological polar surface area (TPSA) is 79.4 Å². The maximum Gasteiger partial charge on any atom is 0.257 e. The molecule has 0 saturated carbocycles. The van der Waals surface area contributed by atoms with E-state index in [0.717, 1.165) is 29.5 Å². The van der Waals surface area contributed by atoms with E-state index in [1.807, 2.05) is 31.2 Å². The van der Waals surface area contributed by atoms with Crippen LogP contribution in [-0.4, -0.2) is 36.2 Å². The van der Waals surface area contributed by atoms with Crippen LogP contribution in [-0.2, 0) is 10.0 Å². The summed E-state index contributed by atoms with van der Waals surface area (Å²) in [6.45, 7) is 2.49. The van der Waals surface area contributed by atoms with Gasteiger partial charge in [-0.3, -0.25) is 10.1 Å². The molecule has 0 unspecified atom stereocenters. The van der Waals surface area contributed by atoms with E-state index in [4.69, 9.17) is 0 Å². The summed E-state index contributed by atoms with van der Waals surface area (Å²) < 4.78 is 28.3. The van der Waals surface area contributed by atoms with Gasteiger partial charge in [-0.15, -0.1) is 0 Å². The third kappa shape index (κ3) is 3.67. The highest BCUT2D eigenvalue weighted by Gasteiger charge is 2.30. The first-order chi connectivity index (χ1) is 13.4. The molecule has 0 spiro atoms. The van der Waals surface area contributed by atoms with Crippen LogP contribution in [0.5, 0.6) is 0 Å². The average molecular weight is 416 g/mol. The Morgan fingerprint density at radius 3 is 2.61 bits per heavy atom. The molecule has 8 heteroatoms. The lowest BCUT2D eigenvalue weighted by Crippen LogP contribution is -2.41. The number of carbonyl (C=O) groups is 1. The van der Waals surface area contributed by atoms with Crippen LogP contribution < -0.4 is 5.32 Å². The summed E-state index contributed by atoms with van der Waals surface area (Å²) in [5.41, 5.74) is 1.23. The number of aromatic nitrogens is 1. The summed E-state index contributed by atoms with van der Waals surface area (Å²) in [6.07, 6.45) is 2.81. The number of para-hydroxylation sites is 1. The van der Waals surface area contributed by atoms with Gasteiger partial charge in [-0.05, 0) is 56.2 Å². The van der Waals surface area contributed by atoms with E-state index in [2.05, 4.69) is 10.3 Å². The number of piperidine rings is 1. The molecule has 1 aliphatic heterocycles. The van der Waals surface area contributed by atoms with Gasteiger partial charge in [-0.25, -0.2) is 13.4 Å². The first kappa shape index (κ1) is 19.0. The molecule has 6 nitrogen and oxygen atoms in total. The molecule has 1 atom stereocenters. The van der Waals surface area contributed by atoms with E-state index in [0.29, 0.717) is 17.2 Å². The summed E-state index contributed by atoms with van der Waals surface area (Å²) >= 11 is 1.40. The van der Waals surface area contributed by atoms with Crippen LogP contribution in [0, 0.1) is 0 Å². The van der Waals surface area contributed by atoms with Crippen LogP contribution in [0.2, 0.25) is 0 Å². The Hall–Kier alpha value is -2.29. The van der Waals surface area contributed by atoms with Gasteiger partial charge in [-0.2, -0.15) is 4.31 Å². The smallest absolute Gasteiger partial charge is 0.257 e. The summed E-state index contributed by atoms with van der Waals surface area (Å²) in [6, 6.07) is 13.8. The Bertz CT molecular complexity index is 1070. The van der Waals surface area contributed by atoms with Gasteiger partial charge in [0.05, 0.1) is 15.1 Å². The van der Waals surface area contributed by atoms with Crippen LogP contribution in [0.3, 0.4) is 0 Å². The van der Waals surface area contributed by atoms with E-state index in [9.17, 15) is 13.2 Å². The zero-order chi connectivity index (χ0) is 19.7. The van der Waals surface area contributed by atoms with Gasteiger partial charge in [0, 0.05) is 18.2 Å². The summed E-state index contributed by atoms with van der Waals surface area (Å²) in [7, 11) is -3.54. The van der Waals surface area contributed by atoms with Crippen molar-refractivity contribution in [1.29, 1.82) is 0 Å². The van der Waals surface area contributed by atoms with Gasteiger partial charge in [-0.1, -0.05) is 29.9 Å². The first-order valence-corrected chi connectivity index (χ1v) is 11.5. The predicted octanol–water partition coefficient (Wildman–Crippen LogP) is 4.11. The van der Waals surface area contributed by atoms with Crippen molar-refractivity contribution in [2.24, 2.45) is 0 Å². The van der Waals surface area contributed by atoms with E-state index in [-0.39, 0.29) is 16.8 Å². The van der Waals surface area contributed by atoms with Crippen LogP contribution in [0.1, 0.15) is 36.5 Å². The number of amides is 1. The van der Waals surface area contributed by atoms with Crippen LogP contribution in [0.4, 0.5) is 5.13 Å². The number of thiazole rings is 1. The summed E-state index contributed by atoms with van der Waals surface area (Å²) in [4.78, 5) is 17.1. The van der Waals surface area contributed by atoms with Gasteiger partial charge in [0.2, 0.25) is 10.0 Å². The van der Waals surface area contributed by atoms with Crippen molar-refractivity contribution < 1.29 is 13.2 Å². The molecule has 3 aromatic rings. The Morgan fingerprint density at radius 2 is 1.89 bits per heavy atom. The van der Waals surface area contributed by atoms with Gasteiger partial charge in [0.25, 0.3) is 5.91 Å². The molecule has 2 heterocycles. The minimum atomic E-state index is -3.54. The average Bonchev–Trinajstić information content (AvgIpc) is 3.10. The SMILES string of the molecule is C[C@@H]1CCCCN1S(=O)(=O)c1ccc(C(=O)Nc2nc3ccccc3s2)cc1. The highest BCUT2D eigenvalue weighted by Crippen LogP contribution is 2.27. The van der Waals surface area contributed by atoms with Gasteiger partial charge < -0.3 is 0 Å². The van der Waals surface area contributed by atoms with E-state index >= 15 is 0 Å². The molecule has 2 aromatic carbocycles. The number of carbonyl (C=O) groups excluding carboxylic acids is 1. The van der Waals surface area contributed by atoms with Gasteiger partial charge in [0.15, 0.2) is 5.13 Å². The Kier molecular flexibility index (Phi) is 5.18. The van der Waals surface area contributed by atoms with Crippen LogP contribution in [0.25, 0.3) is 10.2 Å². The number of hydrogen-bond donors (Lipinski definition) is 1. The number of nitrogens with one attached hydrogen (secondary N) is 1. The molecule has 1 amide bonds. The molecular weight excluding hydrogens is 394 g/mol. The number of benzene rings is 2. The minimum Gasteiger partial charge on any atom is -0.298 e. The normalized spacial score (nSPS) is 18.2. The fourth-order valence-electron chi connectivity index (χ4n) is 3.44. The molecule has 1 aromatic heterocycles. The molecule has 1 N–H and O–H groups in total. The molecule has 0 bridgehead atoms. The monoisotopic (exact) mass is 415 g/mol. The Balaban J connectivity index is 1.51. The second kappa shape index (κ2) is 7.62. The number of nitrogens with zero attached hydrogens (tertiary/aromatic N) is 2. The Labute approximate surface area is 168 Å². The van der Waals surface area contributed by atoms with Crippen molar-refractivity contribution in [3.8, 4) is 0 Å². The molecule has 28 heavy (non-hydrogen) atoms. The van der Waals surface area contributed by atoms with Crippen LogP contribution >= 0.6 is 11.3 Å². The lowest BCUT2D eigenvalue weighted by Gasteiger charge is -2.32. The second-order valence-corrected chi connectivity index (χ2v) is 9.85. The summed E-state index contributed by atoms with van der Waals surface area (Å²) in [5.74, 6) is -0.311. The fourth-order valence-corrected chi connectivity index (χ4v) is 6.00. The first-order valence-electron chi connectivity index (χ1n) is 9.24. The predicted molar refractivity (Wildman–Crippen MR) is 111 cm³/mol. The molecule has 0 aliphatic carbocycles. The quantitative estimate of drug-likeness (QED) is 0.695. The molecular formula is C20H21N3O3S2. The standard InChI is InChI=1S/C20H21N3O3S2/c1-14-6-4-5-13-23(14)28(25,26)16-11-9-15(10-12-16)19(24)22-20-21-17-7-2-3-8-18(17)27-20/h2-3,7-12,14H,4-6,13H2,1H3,(H,21,22,24)/t14-/m1/s1. The van der Waals surface area contributed by atoms with Gasteiger partial charge in [0.1, 0.15) is 0 Å². The lowest BCUT2D eigenvalue weighted by molar-refractivity contribution is 0.102. The van der Waals surface area contributed by atoms with Crippen molar-refractivity contribution in [3.63, 3.8) is 0 Å². The number of rotatable bonds is 4. The molecule has 1 fully saturated rings. The fraction of sp³-hybridized carbons (Fsp3) is 0.300. The Morgan fingerprint density at radius 1 is 1.14 bits per heavy atom. The third-order valence-electron chi connectivity index (χ3n) is 4.98. The highest BCUT2D eigenvalue weighted by molar-refractivity contribution is 7.89. The third-order valence-corrected chi connectivity index (χ3v) is 7.96. The second-order valence-electron chi connectivity index (χ2n) is 6.93. The summed E-state index contributed by atoms with van der Waals surface area (Å²) in [5, 5.41) is 3.30. The maximum absolute atomic E-state index is 12.9. The molecule has 0 radical (unpaired) electrons. The van der Waals surface area contributed by atoms with Crippen molar-refractivity contribution in [2.75, 3.05) is 11.9 Å². The van der Waals surface area contributed by atoms with Crippen molar-refractivity contribution in [2.45, 2.75) is 37.1 Å². The zero-order valence-corrected chi connectivity index (χ0v) is 17.1.